The quantitative estimate of drug-likeness (QED) is 0.669. The first-order chi connectivity index (χ1) is 13.9. The van der Waals surface area contributed by atoms with E-state index in [1.165, 1.54) is 4.90 Å². The summed E-state index contributed by atoms with van der Waals surface area (Å²) in [7, 11) is 0. The fraction of sp³-hybridized carbons (Fsp3) is 0.421. The van der Waals surface area contributed by atoms with Gasteiger partial charge in [0.1, 0.15) is 6.54 Å². The highest BCUT2D eigenvalue weighted by Crippen LogP contribution is 2.15. The summed E-state index contributed by atoms with van der Waals surface area (Å²) in [6.07, 6.45) is 0.294. The van der Waals surface area contributed by atoms with E-state index in [9.17, 15) is 24.0 Å². The lowest BCUT2D eigenvalue weighted by molar-refractivity contribution is -0.147. The van der Waals surface area contributed by atoms with Gasteiger partial charge in [-0.25, -0.2) is 0 Å². The Morgan fingerprint density at radius 2 is 1.45 bits per heavy atom. The van der Waals surface area contributed by atoms with Crippen LogP contribution < -0.4 is 5.32 Å². The molecule has 0 saturated carbocycles. The second-order valence-electron chi connectivity index (χ2n) is 6.80. The van der Waals surface area contributed by atoms with E-state index in [4.69, 9.17) is 11.6 Å². The van der Waals surface area contributed by atoms with Gasteiger partial charge in [-0.2, -0.15) is 0 Å². The average molecular weight is 421 g/mol. The van der Waals surface area contributed by atoms with E-state index in [2.05, 4.69) is 5.32 Å². The lowest BCUT2D eigenvalue weighted by atomic mass is 10.2. The van der Waals surface area contributed by atoms with E-state index in [-0.39, 0.29) is 49.6 Å². The molecule has 0 radical (unpaired) electrons. The molecule has 5 amide bonds. The number of hydrogen-bond donors (Lipinski definition) is 1. The maximum atomic E-state index is 12.3. The van der Waals surface area contributed by atoms with E-state index < -0.39 is 5.91 Å². The number of nitrogens with zero attached hydrogens (tertiary/aromatic N) is 3. The normalized spacial score (nSPS) is 16.9. The molecule has 0 spiro atoms. The second-order valence-corrected chi connectivity index (χ2v) is 7.20. The molecule has 1 aromatic rings. The molecule has 2 heterocycles. The van der Waals surface area contributed by atoms with Crippen molar-refractivity contribution in [2.24, 2.45) is 0 Å². The van der Waals surface area contributed by atoms with Gasteiger partial charge >= 0.3 is 0 Å². The molecule has 1 N–H and O–H groups in total. The predicted molar refractivity (Wildman–Crippen MR) is 103 cm³/mol. The Balaban J connectivity index is 1.44. The molecule has 3 rings (SSSR count). The molecule has 29 heavy (non-hydrogen) atoms. The molecule has 0 aliphatic carbocycles. The summed E-state index contributed by atoms with van der Waals surface area (Å²) < 4.78 is 0. The van der Waals surface area contributed by atoms with Gasteiger partial charge in [0.05, 0.1) is 17.1 Å². The van der Waals surface area contributed by atoms with Crippen molar-refractivity contribution < 1.29 is 24.0 Å². The van der Waals surface area contributed by atoms with E-state index in [0.717, 1.165) is 4.90 Å². The second kappa shape index (κ2) is 9.04. The lowest BCUT2D eigenvalue weighted by Gasteiger charge is -2.35. The van der Waals surface area contributed by atoms with Gasteiger partial charge in [0.2, 0.25) is 23.6 Å². The average Bonchev–Trinajstić information content (AvgIpc) is 3.04. The number of amides is 5. The van der Waals surface area contributed by atoms with Crippen molar-refractivity contribution in [2.75, 3.05) is 39.3 Å². The van der Waals surface area contributed by atoms with Gasteiger partial charge in [-0.3, -0.25) is 28.9 Å². The Labute approximate surface area is 172 Å². The molecule has 2 aliphatic heterocycles. The molecule has 2 fully saturated rings. The van der Waals surface area contributed by atoms with Crippen molar-refractivity contribution in [3.63, 3.8) is 0 Å². The van der Waals surface area contributed by atoms with Crippen molar-refractivity contribution in [1.29, 1.82) is 0 Å². The van der Waals surface area contributed by atoms with Crippen molar-refractivity contribution in [2.45, 2.75) is 12.8 Å². The number of halogens is 1. The van der Waals surface area contributed by atoms with Crippen LogP contribution in [0.4, 0.5) is 0 Å². The van der Waals surface area contributed by atoms with Crippen LogP contribution in [0.25, 0.3) is 0 Å². The van der Waals surface area contributed by atoms with Crippen LogP contribution in [0.5, 0.6) is 0 Å². The Kier molecular flexibility index (Phi) is 6.48. The summed E-state index contributed by atoms with van der Waals surface area (Å²) in [6, 6.07) is 6.56. The number of carbonyl (C=O) groups excluding carboxylic acids is 5. The summed E-state index contributed by atoms with van der Waals surface area (Å²) in [5.74, 6) is -1.66. The number of imide groups is 1. The molecule has 0 unspecified atom stereocenters. The highest BCUT2D eigenvalue weighted by molar-refractivity contribution is 6.33. The minimum absolute atomic E-state index is 0.147. The summed E-state index contributed by atoms with van der Waals surface area (Å²) in [4.78, 5) is 64.2. The largest absolute Gasteiger partial charge is 0.343 e. The van der Waals surface area contributed by atoms with Crippen LogP contribution in [-0.4, -0.2) is 83.5 Å². The van der Waals surface area contributed by atoms with E-state index in [0.29, 0.717) is 36.8 Å². The lowest BCUT2D eigenvalue weighted by Crippen LogP contribution is -2.54. The summed E-state index contributed by atoms with van der Waals surface area (Å²) in [5.41, 5.74) is 0.295. The van der Waals surface area contributed by atoms with Crippen LogP contribution in [0, 0.1) is 0 Å². The standard InChI is InChI=1S/C19H21ClN4O5/c20-14-4-2-1-3-13(14)19(29)21-11-17(27)22-7-9-23(10-8-22)18(28)12-24-15(25)5-6-16(24)26/h1-4H,5-12H2,(H,21,29). The predicted octanol–water partition coefficient (Wildman–Crippen LogP) is -0.110. The zero-order valence-corrected chi connectivity index (χ0v) is 16.5. The maximum Gasteiger partial charge on any atom is 0.253 e. The summed E-state index contributed by atoms with van der Waals surface area (Å²) >= 11 is 5.97. The van der Waals surface area contributed by atoms with Crippen LogP contribution in [0.15, 0.2) is 24.3 Å². The number of hydrogen-bond acceptors (Lipinski definition) is 5. The summed E-state index contributed by atoms with van der Waals surface area (Å²) in [6.45, 7) is 0.815. The molecule has 2 saturated heterocycles. The van der Waals surface area contributed by atoms with Crippen molar-refractivity contribution >= 4 is 41.1 Å². The van der Waals surface area contributed by atoms with Gasteiger partial charge in [-0.05, 0) is 12.1 Å². The maximum absolute atomic E-state index is 12.3. The molecule has 2 aliphatic rings. The number of likely N-dealkylation sites (tertiary alicyclic amines) is 1. The molecule has 0 atom stereocenters. The fourth-order valence-corrected chi connectivity index (χ4v) is 3.47. The first-order valence-corrected chi connectivity index (χ1v) is 9.66. The monoisotopic (exact) mass is 420 g/mol. The van der Waals surface area contributed by atoms with Crippen LogP contribution in [-0.2, 0) is 19.2 Å². The molecule has 0 aromatic heterocycles. The van der Waals surface area contributed by atoms with Crippen molar-refractivity contribution in [1.82, 2.24) is 20.0 Å². The van der Waals surface area contributed by atoms with E-state index in [1.54, 1.807) is 29.2 Å². The van der Waals surface area contributed by atoms with Gasteiger partial charge < -0.3 is 15.1 Å². The number of rotatable bonds is 5. The third kappa shape index (κ3) is 4.92. The Morgan fingerprint density at radius 1 is 0.897 bits per heavy atom. The van der Waals surface area contributed by atoms with E-state index >= 15 is 0 Å². The number of piperazine rings is 1. The topological polar surface area (TPSA) is 107 Å². The van der Waals surface area contributed by atoms with Gasteiger partial charge in [-0.15, -0.1) is 0 Å². The Hall–Kier alpha value is -2.94. The van der Waals surface area contributed by atoms with Crippen LogP contribution in [0.1, 0.15) is 23.2 Å². The summed E-state index contributed by atoms with van der Waals surface area (Å²) in [5, 5.41) is 2.86. The van der Waals surface area contributed by atoms with Crippen LogP contribution in [0.2, 0.25) is 5.02 Å². The molecule has 10 heteroatoms. The molecule has 0 bridgehead atoms. The molecule has 154 valence electrons. The van der Waals surface area contributed by atoms with Crippen LogP contribution >= 0.6 is 11.6 Å². The first-order valence-electron chi connectivity index (χ1n) is 9.28. The smallest absolute Gasteiger partial charge is 0.253 e. The van der Waals surface area contributed by atoms with Gasteiger partial charge in [0.15, 0.2) is 0 Å². The van der Waals surface area contributed by atoms with Gasteiger partial charge in [0.25, 0.3) is 5.91 Å². The molecular formula is C19H21ClN4O5. The SMILES string of the molecule is O=C(NCC(=O)N1CCN(C(=O)CN2C(=O)CCC2=O)CC1)c1ccccc1Cl. The van der Waals surface area contributed by atoms with E-state index in [1.807, 2.05) is 0 Å². The van der Waals surface area contributed by atoms with Crippen molar-refractivity contribution in [3.05, 3.63) is 34.9 Å². The highest BCUT2D eigenvalue weighted by Gasteiger charge is 2.33. The molecular weight excluding hydrogens is 400 g/mol. The number of carbonyl (C=O) groups is 5. The molecule has 9 nitrogen and oxygen atoms in total. The Morgan fingerprint density at radius 3 is 2.03 bits per heavy atom. The van der Waals surface area contributed by atoms with Gasteiger partial charge in [-0.1, -0.05) is 23.7 Å². The Bertz CT molecular complexity index is 835. The zero-order chi connectivity index (χ0) is 21.0. The number of benzene rings is 1. The fourth-order valence-electron chi connectivity index (χ4n) is 3.25. The minimum Gasteiger partial charge on any atom is -0.343 e. The third-order valence-electron chi connectivity index (χ3n) is 4.95. The van der Waals surface area contributed by atoms with Gasteiger partial charge in [0, 0.05) is 39.0 Å². The minimum atomic E-state index is -0.433. The zero-order valence-electron chi connectivity index (χ0n) is 15.7. The number of nitrogens with one attached hydrogen (secondary N) is 1. The first kappa shape index (κ1) is 20.8. The highest BCUT2D eigenvalue weighted by atomic mass is 35.5. The van der Waals surface area contributed by atoms with Crippen molar-refractivity contribution in [3.8, 4) is 0 Å². The molecule has 1 aromatic carbocycles. The van der Waals surface area contributed by atoms with Crippen LogP contribution in [0.3, 0.4) is 0 Å². The third-order valence-corrected chi connectivity index (χ3v) is 5.28.